The second-order valence-corrected chi connectivity index (χ2v) is 8.12. The van der Waals surface area contributed by atoms with Crippen LogP contribution in [0.3, 0.4) is 0 Å². The molecule has 1 aromatic rings. The zero-order chi connectivity index (χ0) is 18.3. The maximum absolute atomic E-state index is 12.5. The van der Waals surface area contributed by atoms with Crippen molar-refractivity contribution in [2.45, 2.75) is 37.2 Å². The van der Waals surface area contributed by atoms with E-state index in [0.717, 1.165) is 18.4 Å². The molecule has 1 heterocycles. The van der Waals surface area contributed by atoms with Gasteiger partial charge >= 0.3 is 0 Å². The van der Waals surface area contributed by atoms with E-state index < -0.39 is 10.0 Å². The number of nitrogens with zero attached hydrogens (tertiary/aromatic N) is 2. The van der Waals surface area contributed by atoms with Crippen LogP contribution in [0.2, 0.25) is 0 Å². The zero-order valence-electron chi connectivity index (χ0n) is 15.2. The summed E-state index contributed by atoms with van der Waals surface area (Å²) in [6.07, 6.45) is 1.88. The molecule has 1 aromatic carbocycles. The van der Waals surface area contributed by atoms with E-state index in [1.54, 1.807) is 30.6 Å². The molecule has 2 N–H and O–H groups in total. The van der Waals surface area contributed by atoms with Crippen LogP contribution < -0.4 is 10.6 Å². The minimum atomic E-state index is -3.35. The molecule has 0 aromatic heterocycles. The Morgan fingerprint density at radius 2 is 1.92 bits per heavy atom. The van der Waals surface area contributed by atoms with Crippen molar-refractivity contribution in [3.63, 3.8) is 0 Å². The summed E-state index contributed by atoms with van der Waals surface area (Å²) in [5.41, 5.74) is 0.989. The van der Waals surface area contributed by atoms with E-state index in [1.165, 1.54) is 0 Å². The fraction of sp³-hybridized carbons (Fsp3) is 0.588. The van der Waals surface area contributed by atoms with Crippen molar-refractivity contribution < 1.29 is 13.2 Å². The first-order valence-electron chi connectivity index (χ1n) is 8.52. The van der Waals surface area contributed by atoms with Gasteiger partial charge in [-0.05, 0) is 37.5 Å². The number of aliphatic imine (C=N–C) groups is 1. The van der Waals surface area contributed by atoms with Gasteiger partial charge in [0.2, 0.25) is 10.0 Å². The molecule has 7 nitrogen and oxygen atoms in total. The van der Waals surface area contributed by atoms with Crippen molar-refractivity contribution in [3.8, 4) is 0 Å². The number of guanidine groups is 1. The Hall–Kier alpha value is -1.64. The molecule has 8 heteroatoms. The summed E-state index contributed by atoms with van der Waals surface area (Å²) in [6.45, 7) is 4.39. The van der Waals surface area contributed by atoms with E-state index in [9.17, 15) is 8.42 Å². The van der Waals surface area contributed by atoms with Gasteiger partial charge in [0.25, 0.3) is 0 Å². The van der Waals surface area contributed by atoms with Crippen LogP contribution in [0.1, 0.15) is 25.3 Å². The standard InChI is InChI=1S/C17H28N4O3S/c1-14(13-24-3)20-17(18-2)19-12-15-6-8-16(9-7-15)25(22,23)21-10-4-5-11-21/h6-9,14H,4-5,10-13H2,1-3H3,(H2,18,19,20). The van der Waals surface area contributed by atoms with Gasteiger partial charge in [0.1, 0.15) is 0 Å². The smallest absolute Gasteiger partial charge is 0.243 e. The van der Waals surface area contributed by atoms with Crippen LogP contribution in [-0.4, -0.2) is 58.6 Å². The average Bonchev–Trinajstić information content (AvgIpc) is 3.14. The fourth-order valence-electron chi connectivity index (χ4n) is 2.76. The van der Waals surface area contributed by atoms with E-state index in [4.69, 9.17) is 4.74 Å². The average molecular weight is 369 g/mol. The minimum absolute atomic E-state index is 0.143. The fourth-order valence-corrected chi connectivity index (χ4v) is 4.28. The van der Waals surface area contributed by atoms with E-state index in [1.807, 2.05) is 19.1 Å². The predicted molar refractivity (Wildman–Crippen MR) is 99.1 cm³/mol. The molecule has 1 aliphatic rings. The highest BCUT2D eigenvalue weighted by atomic mass is 32.2. The third-order valence-corrected chi connectivity index (χ3v) is 6.02. The Kier molecular flexibility index (Phi) is 7.22. The molecule has 1 atom stereocenters. The summed E-state index contributed by atoms with van der Waals surface area (Å²) < 4.78 is 31.7. The highest BCUT2D eigenvalue weighted by molar-refractivity contribution is 7.89. The molecule has 0 bridgehead atoms. The quantitative estimate of drug-likeness (QED) is 0.558. The van der Waals surface area contributed by atoms with Gasteiger partial charge in [-0.2, -0.15) is 4.31 Å². The van der Waals surface area contributed by atoms with Crippen LogP contribution in [0.5, 0.6) is 0 Å². The first-order chi connectivity index (χ1) is 12.0. The lowest BCUT2D eigenvalue weighted by Gasteiger charge is -2.18. The van der Waals surface area contributed by atoms with E-state index in [2.05, 4.69) is 15.6 Å². The monoisotopic (exact) mass is 368 g/mol. The Labute approximate surface area is 150 Å². The Balaban J connectivity index is 1.93. The topological polar surface area (TPSA) is 83.0 Å². The summed E-state index contributed by atoms with van der Waals surface area (Å²) >= 11 is 0. The van der Waals surface area contributed by atoms with Crippen molar-refractivity contribution in [2.75, 3.05) is 33.9 Å². The number of hydrogen-bond donors (Lipinski definition) is 2. The van der Waals surface area contributed by atoms with Gasteiger partial charge in [-0.1, -0.05) is 12.1 Å². The van der Waals surface area contributed by atoms with Crippen LogP contribution in [0.15, 0.2) is 34.2 Å². The lowest BCUT2D eigenvalue weighted by Crippen LogP contribution is -2.43. The molecule has 2 rings (SSSR count). The highest BCUT2D eigenvalue weighted by Crippen LogP contribution is 2.21. The van der Waals surface area contributed by atoms with Gasteiger partial charge in [-0.3, -0.25) is 4.99 Å². The molecule has 0 spiro atoms. The SMILES string of the molecule is CN=C(NCc1ccc(S(=O)(=O)N2CCCC2)cc1)NC(C)COC. The minimum Gasteiger partial charge on any atom is -0.383 e. The number of methoxy groups -OCH3 is 1. The Morgan fingerprint density at radius 3 is 2.48 bits per heavy atom. The van der Waals surface area contributed by atoms with Gasteiger partial charge in [-0.15, -0.1) is 0 Å². The molecule has 1 saturated heterocycles. The largest absolute Gasteiger partial charge is 0.383 e. The first-order valence-corrected chi connectivity index (χ1v) is 9.96. The first kappa shape index (κ1) is 19.7. The Morgan fingerprint density at radius 1 is 1.28 bits per heavy atom. The molecule has 1 aliphatic heterocycles. The van der Waals surface area contributed by atoms with Crippen molar-refractivity contribution in [3.05, 3.63) is 29.8 Å². The zero-order valence-corrected chi connectivity index (χ0v) is 16.0. The van der Waals surface area contributed by atoms with Crippen LogP contribution in [0.4, 0.5) is 0 Å². The second kappa shape index (κ2) is 9.17. The molecule has 140 valence electrons. The molecule has 0 radical (unpaired) electrons. The summed E-state index contributed by atoms with van der Waals surface area (Å²) in [6, 6.07) is 7.16. The van der Waals surface area contributed by atoms with E-state index >= 15 is 0 Å². The van der Waals surface area contributed by atoms with Gasteiger partial charge < -0.3 is 15.4 Å². The Bertz CT molecular complexity index is 668. The summed E-state index contributed by atoms with van der Waals surface area (Å²) in [5.74, 6) is 0.679. The number of nitrogens with one attached hydrogen (secondary N) is 2. The number of ether oxygens (including phenoxy) is 1. The van der Waals surface area contributed by atoms with Crippen LogP contribution in [0.25, 0.3) is 0 Å². The van der Waals surface area contributed by atoms with Crippen LogP contribution >= 0.6 is 0 Å². The third-order valence-electron chi connectivity index (χ3n) is 4.11. The summed E-state index contributed by atoms with van der Waals surface area (Å²) in [5, 5.41) is 6.43. The van der Waals surface area contributed by atoms with Crippen LogP contribution in [-0.2, 0) is 21.3 Å². The van der Waals surface area contributed by atoms with Crippen molar-refractivity contribution in [2.24, 2.45) is 4.99 Å². The van der Waals surface area contributed by atoms with Gasteiger partial charge in [0, 0.05) is 39.8 Å². The predicted octanol–water partition coefficient (Wildman–Crippen LogP) is 1.17. The number of benzene rings is 1. The number of rotatable bonds is 7. The highest BCUT2D eigenvalue weighted by Gasteiger charge is 2.26. The lowest BCUT2D eigenvalue weighted by atomic mass is 10.2. The summed E-state index contributed by atoms with van der Waals surface area (Å²) in [7, 11) is 0.0171. The number of sulfonamides is 1. The van der Waals surface area contributed by atoms with E-state index in [0.29, 0.717) is 37.1 Å². The molecule has 1 fully saturated rings. The molecule has 0 amide bonds. The second-order valence-electron chi connectivity index (χ2n) is 6.18. The lowest BCUT2D eigenvalue weighted by molar-refractivity contribution is 0.179. The maximum Gasteiger partial charge on any atom is 0.243 e. The molecular weight excluding hydrogens is 340 g/mol. The van der Waals surface area contributed by atoms with Gasteiger partial charge in [-0.25, -0.2) is 8.42 Å². The summed E-state index contributed by atoms with van der Waals surface area (Å²) in [4.78, 5) is 4.53. The molecule has 1 unspecified atom stereocenters. The molecule has 0 saturated carbocycles. The third kappa shape index (κ3) is 5.42. The molecule has 0 aliphatic carbocycles. The normalized spacial score (nSPS) is 17.5. The van der Waals surface area contributed by atoms with E-state index in [-0.39, 0.29) is 6.04 Å². The molecule has 25 heavy (non-hydrogen) atoms. The van der Waals surface area contributed by atoms with Crippen molar-refractivity contribution in [1.29, 1.82) is 0 Å². The van der Waals surface area contributed by atoms with Crippen molar-refractivity contribution >= 4 is 16.0 Å². The van der Waals surface area contributed by atoms with Crippen LogP contribution in [0, 0.1) is 0 Å². The molecular formula is C17H28N4O3S. The van der Waals surface area contributed by atoms with Crippen molar-refractivity contribution in [1.82, 2.24) is 14.9 Å². The van der Waals surface area contributed by atoms with Gasteiger partial charge in [0.05, 0.1) is 11.5 Å². The number of hydrogen-bond acceptors (Lipinski definition) is 4. The maximum atomic E-state index is 12.5. The van der Waals surface area contributed by atoms with Gasteiger partial charge in [0.15, 0.2) is 5.96 Å².